The molecule has 2 aromatic rings. The summed E-state index contributed by atoms with van der Waals surface area (Å²) in [4.78, 5) is 3.97. The molecule has 0 amide bonds. The zero-order chi connectivity index (χ0) is 13.5. The Morgan fingerprint density at radius 1 is 1.37 bits per heavy atom. The molecule has 0 aliphatic carbocycles. The van der Waals surface area contributed by atoms with Crippen LogP contribution in [0.4, 0.5) is 0 Å². The number of hydrogen-bond donors (Lipinski definition) is 1. The second-order valence-electron chi connectivity index (χ2n) is 4.52. The largest absolute Gasteiger partial charge is 0.340 e. The highest BCUT2D eigenvalue weighted by Gasteiger charge is 2.07. The van der Waals surface area contributed by atoms with Crippen LogP contribution in [0.15, 0.2) is 23.1 Å². The summed E-state index contributed by atoms with van der Waals surface area (Å²) >= 11 is 0. The standard InChI is InChI=1S/C13H21N5O/c1-3-12(4-2)18-8-6-11(17-18)9-14-7-5-13-15-10-16-19-13/h6,8,10,12,14H,3-5,7,9H2,1-2H3. The fraction of sp³-hybridized carbons (Fsp3) is 0.615. The first-order valence-electron chi connectivity index (χ1n) is 6.83. The average Bonchev–Trinajstić information content (AvgIpc) is 3.08. The predicted octanol–water partition coefficient (Wildman–Crippen LogP) is 1.96. The van der Waals surface area contributed by atoms with E-state index in [0.29, 0.717) is 11.9 Å². The van der Waals surface area contributed by atoms with Gasteiger partial charge in [0.05, 0.1) is 11.7 Å². The Morgan fingerprint density at radius 2 is 2.21 bits per heavy atom. The van der Waals surface area contributed by atoms with Crippen LogP contribution in [0.1, 0.15) is 44.3 Å². The van der Waals surface area contributed by atoms with E-state index < -0.39 is 0 Å². The Bertz CT molecular complexity index is 461. The Hall–Kier alpha value is -1.69. The van der Waals surface area contributed by atoms with Crippen LogP contribution < -0.4 is 5.32 Å². The SMILES string of the molecule is CCC(CC)n1ccc(CNCCc2ncno2)n1. The summed E-state index contributed by atoms with van der Waals surface area (Å²) in [6.07, 6.45) is 6.46. The highest BCUT2D eigenvalue weighted by atomic mass is 16.5. The third-order valence-corrected chi connectivity index (χ3v) is 3.21. The van der Waals surface area contributed by atoms with E-state index >= 15 is 0 Å². The quantitative estimate of drug-likeness (QED) is 0.737. The molecule has 6 nitrogen and oxygen atoms in total. The van der Waals surface area contributed by atoms with Gasteiger partial charge in [0.15, 0.2) is 6.33 Å². The minimum Gasteiger partial charge on any atom is -0.340 e. The van der Waals surface area contributed by atoms with E-state index in [2.05, 4.69) is 51.3 Å². The van der Waals surface area contributed by atoms with Gasteiger partial charge in [0.25, 0.3) is 0 Å². The van der Waals surface area contributed by atoms with Crippen LogP contribution in [0.25, 0.3) is 0 Å². The fourth-order valence-electron chi connectivity index (χ4n) is 2.06. The van der Waals surface area contributed by atoms with Crippen LogP contribution in [0.3, 0.4) is 0 Å². The maximum absolute atomic E-state index is 4.93. The molecular formula is C13H21N5O. The van der Waals surface area contributed by atoms with Gasteiger partial charge in [-0.2, -0.15) is 10.1 Å². The summed E-state index contributed by atoms with van der Waals surface area (Å²) in [6, 6.07) is 2.57. The van der Waals surface area contributed by atoms with Crippen LogP contribution >= 0.6 is 0 Å². The lowest BCUT2D eigenvalue weighted by molar-refractivity contribution is 0.374. The Labute approximate surface area is 113 Å². The van der Waals surface area contributed by atoms with Crippen LogP contribution in [-0.2, 0) is 13.0 Å². The van der Waals surface area contributed by atoms with Gasteiger partial charge in [-0.25, -0.2) is 0 Å². The molecule has 1 N–H and O–H groups in total. The van der Waals surface area contributed by atoms with Gasteiger partial charge in [0, 0.05) is 25.7 Å². The zero-order valence-electron chi connectivity index (χ0n) is 11.5. The highest BCUT2D eigenvalue weighted by molar-refractivity contribution is 4.99. The first kappa shape index (κ1) is 13.7. The maximum atomic E-state index is 4.93. The van der Waals surface area contributed by atoms with E-state index in [1.165, 1.54) is 6.33 Å². The summed E-state index contributed by atoms with van der Waals surface area (Å²) in [5, 5.41) is 11.5. The lowest BCUT2D eigenvalue weighted by atomic mass is 10.2. The first-order chi connectivity index (χ1) is 9.33. The highest BCUT2D eigenvalue weighted by Crippen LogP contribution is 2.14. The zero-order valence-corrected chi connectivity index (χ0v) is 11.5. The molecule has 0 fully saturated rings. The summed E-state index contributed by atoms with van der Waals surface area (Å²) < 4.78 is 6.99. The van der Waals surface area contributed by atoms with Crippen LogP contribution in [0, 0.1) is 0 Å². The molecule has 0 unspecified atom stereocenters. The third kappa shape index (κ3) is 3.89. The molecule has 2 heterocycles. The molecule has 0 saturated heterocycles. The summed E-state index contributed by atoms with van der Waals surface area (Å²) in [7, 11) is 0. The Balaban J connectivity index is 1.74. The summed E-state index contributed by atoms with van der Waals surface area (Å²) in [6.45, 7) is 5.96. The van der Waals surface area contributed by atoms with Gasteiger partial charge in [0.1, 0.15) is 0 Å². The molecule has 6 heteroatoms. The van der Waals surface area contributed by atoms with E-state index in [1.807, 2.05) is 0 Å². The molecule has 0 bridgehead atoms. The van der Waals surface area contributed by atoms with E-state index in [4.69, 9.17) is 4.52 Å². The van der Waals surface area contributed by atoms with Gasteiger partial charge in [-0.3, -0.25) is 4.68 Å². The van der Waals surface area contributed by atoms with Crippen LogP contribution in [0.2, 0.25) is 0 Å². The van der Waals surface area contributed by atoms with Crippen LogP contribution in [0.5, 0.6) is 0 Å². The monoisotopic (exact) mass is 263 g/mol. The minimum absolute atomic E-state index is 0.507. The number of nitrogens with zero attached hydrogens (tertiary/aromatic N) is 4. The maximum Gasteiger partial charge on any atom is 0.227 e. The van der Waals surface area contributed by atoms with E-state index in [-0.39, 0.29) is 0 Å². The third-order valence-electron chi connectivity index (χ3n) is 3.21. The number of rotatable bonds is 8. The fourth-order valence-corrected chi connectivity index (χ4v) is 2.06. The average molecular weight is 263 g/mol. The van der Waals surface area contributed by atoms with Crippen molar-refractivity contribution in [3.63, 3.8) is 0 Å². The normalized spacial score (nSPS) is 11.3. The van der Waals surface area contributed by atoms with Gasteiger partial charge < -0.3 is 9.84 Å². The van der Waals surface area contributed by atoms with E-state index in [0.717, 1.165) is 38.0 Å². The minimum atomic E-state index is 0.507. The molecule has 0 aliphatic rings. The molecule has 0 aliphatic heterocycles. The molecule has 0 saturated carbocycles. The molecule has 0 radical (unpaired) electrons. The smallest absolute Gasteiger partial charge is 0.227 e. The van der Waals surface area contributed by atoms with Crippen molar-refractivity contribution in [2.75, 3.05) is 6.54 Å². The van der Waals surface area contributed by atoms with Crippen molar-refractivity contribution in [3.8, 4) is 0 Å². The second-order valence-corrected chi connectivity index (χ2v) is 4.52. The molecule has 2 aromatic heterocycles. The van der Waals surface area contributed by atoms with E-state index in [9.17, 15) is 0 Å². The van der Waals surface area contributed by atoms with Crippen molar-refractivity contribution in [2.45, 2.75) is 45.7 Å². The molecule has 19 heavy (non-hydrogen) atoms. The van der Waals surface area contributed by atoms with Crippen molar-refractivity contribution in [2.24, 2.45) is 0 Å². The van der Waals surface area contributed by atoms with Gasteiger partial charge >= 0.3 is 0 Å². The molecule has 0 atom stereocenters. The molecule has 104 valence electrons. The van der Waals surface area contributed by atoms with Gasteiger partial charge in [-0.05, 0) is 18.9 Å². The summed E-state index contributed by atoms with van der Waals surface area (Å²) in [5.41, 5.74) is 1.07. The van der Waals surface area contributed by atoms with Gasteiger partial charge in [-0.1, -0.05) is 19.0 Å². The first-order valence-corrected chi connectivity index (χ1v) is 6.83. The predicted molar refractivity (Wildman–Crippen MR) is 71.6 cm³/mol. The topological polar surface area (TPSA) is 68.8 Å². The van der Waals surface area contributed by atoms with E-state index in [1.54, 1.807) is 0 Å². The summed E-state index contributed by atoms with van der Waals surface area (Å²) in [5.74, 6) is 0.662. The van der Waals surface area contributed by atoms with Gasteiger partial charge in [-0.15, -0.1) is 0 Å². The van der Waals surface area contributed by atoms with Crippen molar-refractivity contribution in [3.05, 3.63) is 30.2 Å². The molecule has 0 aromatic carbocycles. The van der Waals surface area contributed by atoms with Crippen molar-refractivity contribution in [1.29, 1.82) is 0 Å². The Kier molecular flexibility index (Phi) is 5.09. The number of hydrogen-bond acceptors (Lipinski definition) is 5. The van der Waals surface area contributed by atoms with Gasteiger partial charge in [0.2, 0.25) is 5.89 Å². The molecule has 2 rings (SSSR count). The second kappa shape index (κ2) is 7.04. The van der Waals surface area contributed by atoms with Crippen molar-refractivity contribution >= 4 is 0 Å². The molecular weight excluding hydrogens is 242 g/mol. The lowest BCUT2D eigenvalue weighted by Crippen LogP contribution is -2.17. The number of aromatic nitrogens is 4. The molecule has 0 spiro atoms. The lowest BCUT2D eigenvalue weighted by Gasteiger charge is -2.12. The Morgan fingerprint density at radius 3 is 2.89 bits per heavy atom. The van der Waals surface area contributed by atoms with Crippen molar-refractivity contribution < 1.29 is 4.52 Å². The number of nitrogens with one attached hydrogen (secondary N) is 1. The van der Waals surface area contributed by atoms with Crippen LogP contribution in [-0.4, -0.2) is 26.5 Å². The van der Waals surface area contributed by atoms with Crippen molar-refractivity contribution in [1.82, 2.24) is 25.2 Å².